The Hall–Kier alpha value is -2.37. The van der Waals surface area contributed by atoms with E-state index in [1.54, 1.807) is 13.0 Å². The van der Waals surface area contributed by atoms with Crippen LogP contribution in [0.15, 0.2) is 36.4 Å². The number of benzene rings is 1. The van der Waals surface area contributed by atoms with Crippen LogP contribution in [0, 0.1) is 12.7 Å². The van der Waals surface area contributed by atoms with Crippen LogP contribution in [-0.4, -0.2) is 14.6 Å². The van der Waals surface area contributed by atoms with Gasteiger partial charge < -0.3 is 0 Å². The Morgan fingerprint density at radius 3 is 2.45 bits per heavy atom. The third-order valence-corrected chi connectivity index (χ3v) is 2.94. The minimum absolute atomic E-state index is 0.234. The first-order chi connectivity index (χ1) is 9.54. The summed E-state index contributed by atoms with van der Waals surface area (Å²) >= 11 is 0. The van der Waals surface area contributed by atoms with Crippen molar-refractivity contribution in [3.05, 3.63) is 53.6 Å². The van der Waals surface area contributed by atoms with Crippen molar-refractivity contribution in [1.29, 1.82) is 0 Å². The summed E-state index contributed by atoms with van der Waals surface area (Å²) in [5.74, 6) is -0.385. The van der Waals surface area contributed by atoms with Crippen LogP contribution < -0.4 is 0 Å². The molecule has 0 aliphatic heterocycles. The van der Waals surface area contributed by atoms with Gasteiger partial charge in [-0.15, -0.1) is 0 Å². The molecule has 3 aromatic rings. The molecule has 2 aromatic heterocycles. The number of nitrogens with zero attached hydrogens (tertiary/aromatic N) is 3. The van der Waals surface area contributed by atoms with Gasteiger partial charge in [0.05, 0.1) is 11.4 Å². The quantitative estimate of drug-likeness (QED) is 0.713. The summed E-state index contributed by atoms with van der Waals surface area (Å²) in [7, 11) is 0. The highest BCUT2D eigenvalue weighted by atomic mass is 19.3. The third kappa shape index (κ3) is 2.13. The second-order valence-corrected chi connectivity index (χ2v) is 4.43. The Morgan fingerprint density at radius 2 is 1.80 bits per heavy atom. The van der Waals surface area contributed by atoms with E-state index in [4.69, 9.17) is 0 Å². The highest BCUT2D eigenvalue weighted by Crippen LogP contribution is 2.26. The number of aromatic nitrogens is 3. The van der Waals surface area contributed by atoms with Gasteiger partial charge >= 0.3 is 0 Å². The molecule has 0 saturated heterocycles. The lowest BCUT2D eigenvalue weighted by Crippen LogP contribution is -2.02. The molecule has 3 rings (SSSR count). The van der Waals surface area contributed by atoms with Crippen molar-refractivity contribution in [1.82, 2.24) is 14.6 Å². The van der Waals surface area contributed by atoms with Gasteiger partial charge in [-0.25, -0.2) is 22.7 Å². The molecule has 2 heterocycles. The van der Waals surface area contributed by atoms with E-state index < -0.39 is 6.43 Å². The van der Waals surface area contributed by atoms with Crippen molar-refractivity contribution in [3.8, 4) is 11.3 Å². The topological polar surface area (TPSA) is 30.2 Å². The molecule has 6 heteroatoms. The van der Waals surface area contributed by atoms with Gasteiger partial charge in [-0.1, -0.05) is 0 Å². The minimum Gasteiger partial charge on any atom is -0.229 e. The zero-order chi connectivity index (χ0) is 14.3. The van der Waals surface area contributed by atoms with Crippen LogP contribution in [0.25, 0.3) is 16.9 Å². The number of fused-ring (bicyclic) bond motifs is 1. The lowest BCUT2D eigenvalue weighted by molar-refractivity contribution is 0.143. The predicted octanol–water partition coefficient (Wildman–Crippen LogP) is 3.78. The van der Waals surface area contributed by atoms with Crippen molar-refractivity contribution in [3.63, 3.8) is 0 Å². The molecule has 0 aliphatic rings. The van der Waals surface area contributed by atoms with Crippen LogP contribution in [0.5, 0.6) is 0 Å². The van der Waals surface area contributed by atoms with Gasteiger partial charge in [0.15, 0.2) is 5.65 Å². The second-order valence-electron chi connectivity index (χ2n) is 4.43. The summed E-state index contributed by atoms with van der Waals surface area (Å²) in [6.45, 7) is 1.71. The number of hydrogen-bond donors (Lipinski definition) is 0. The Balaban J connectivity index is 2.23. The van der Waals surface area contributed by atoms with E-state index in [1.165, 1.54) is 30.3 Å². The predicted molar refractivity (Wildman–Crippen MR) is 68.1 cm³/mol. The summed E-state index contributed by atoms with van der Waals surface area (Å²) in [4.78, 5) is 4.28. The lowest BCUT2D eigenvalue weighted by Gasteiger charge is -2.07. The third-order valence-electron chi connectivity index (χ3n) is 2.94. The van der Waals surface area contributed by atoms with E-state index >= 15 is 0 Å². The molecule has 0 N–H and O–H groups in total. The summed E-state index contributed by atoms with van der Waals surface area (Å²) < 4.78 is 40.3. The number of alkyl halides is 2. The average Bonchev–Trinajstić information content (AvgIpc) is 2.78. The standard InChI is InChI=1S/C14H10F3N3/c1-8-6-13-18-11(9-2-4-10(15)5-3-9)7-12(14(16)17)20(13)19-8/h2-7,14H,1H3. The molecular formula is C14H10F3N3. The minimum atomic E-state index is -2.67. The molecule has 0 fully saturated rings. The summed E-state index contributed by atoms with van der Waals surface area (Å²) in [6.07, 6.45) is -2.67. The number of aryl methyl sites for hydroxylation is 1. The molecule has 0 bridgehead atoms. The normalized spacial score (nSPS) is 11.4. The largest absolute Gasteiger partial charge is 0.280 e. The van der Waals surface area contributed by atoms with Crippen LogP contribution in [0.3, 0.4) is 0 Å². The van der Waals surface area contributed by atoms with E-state index in [9.17, 15) is 13.2 Å². The first-order valence-electron chi connectivity index (χ1n) is 5.96. The van der Waals surface area contributed by atoms with Crippen molar-refractivity contribution < 1.29 is 13.2 Å². The van der Waals surface area contributed by atoms with E-state index in [0.717, 1.165) is 4.52 Å². The van der Waals surface area contributed by atoms with Crippen LogP contribution in [0.2, 0.25) is 0 Å². The first-order valence-corrected chi connectivity index (χ1v) is 5.96. The molecule has 1 aromatic carbocycles. The molecule has 0 atom stereocenters. The first kappa shape index (κ1) is 12.7. The fourth-order valence-corrected chi connectivity index (χ4v) is 2.04. The van der Waals surface area contributed by atoms with Crippen LogP contribution in [0.1, 0.15) is 17.8 Å². The SMILES string of the molecule is Cc1cc2nc(-c3ccc(F)cc3)cc(C(F)F)n2n1. The van der Waals surface area contributed by atoms with Gasteiger partial charge in [0, 0.05) is 11.6 Å². The fraction of sp³-hybridized carbons (Fsp3) is 0.143. The second kappa shape index (κ2) is 4.63. The lowest BCUT2D eigenvalue weighted by atomic mass is 10.1. The van der Waals surface area contributed by atoms with E-state index in [1.807, 2.05) is 0 Å². The van der Waals surface area contributed by atoms with Gasteiger partial charge in [-0.05, 0) is 37.3 Å². The molecule has 0 aliphatic carbocycles. The molecule has 0 amide bonds. The Kier molecular flexibility index (Phi) is 2.93. The molecule has 0 radical (unpaired) electrons. The van der Waals surface area contributed by atoms with E-state index in [2.05, 4.69) is 10.1 Å². The van der Waals surface area contributed by atoms with Gasteiger partial charge in [0.1, 0.15) is 11.5 Å². The Bertz CT molecular complexity index is 763. The molecule has 0 spiro atoms. The zero-order valence-electron chi connectivity index (χ0n) is 10.5. The monoisotopic (exact) mass is 277 g/mol. The molecular weight excluding hydrogens is 267 g/mol. The average molecular weight is 277 g/mol. The van der Waals surface area contributed by atoms with Crippen LogP contribution >= 0.6 is 0 Å². The number of hydrogen-bond acceptors (Lipinski definition) is 2. The number of rotatable bonds is 2. The van der Waals surface area contributed by atoms with Crippen LogP contribution in [-0.2, 0) is 0 Å². The van der Waals surface area contributed by atoms with Gasteiger partial charge in [0.2, 0.25) is 0 Å². The molecule has 0 unspecified atom stereocenters. The molecule has 0 saturated carbocycles. The van der Waals surface area contributed by atoms with E-state index in [0.29, 0.717) is 22.6 Å². The molecule has 102 valence electrons. The number of halogens is 3. The highest BCUT2D eigenvalue weighted by molar-refractivity contribution is 5.62. The summed E-state index contributed by atoms with van der Waals surface area (Å²) in [5.41, 5.74) is 1.67. The summed E-state index contributed by atoms with van der Waals surface area (Å²) in [6, 6.07) is 8.45. The van der Waals surface area contributed by atoms with Crippen molar-refractivity contribution in [2.24, 2.45) is 0 Å². The fourth-order valence-electron chi connectivity index (χ4n) is 2.04. The highest BCUT2D eigenvalue weighted by Gasteiger charge is 2.16. The maximum absolute atomic E-state index is 13.1. The Morgan fingerprint density at radius 1 is 1.10 bits per heavy atom. The van der Waals surface area contributed by atoms with Crippen LogP contribution in [0.4, 0.5) is 13.2 Å². The van der Waals surface area contributed by atoms with Gasteiger partial charge in [-0.2, -0.15) is 5.10 Å². The van der Waals surface area contributed by atoms with E-state index in [-0.39, 0.29) is 11.5 Å². The van der Waals surface area contributed by atoms with Gasteiger partial charge in [-0.3, -0.25) is 0 Å². The van der Waals surface area contributed by atoms with Crippen molar-refractivity contribution in [2.75, 3.05) is 0 Å². The molecule has 20 heavy (non-hydrogen) atoms. The summed E-state index contributed by atoms with van der Waals surface area (Å²) in [5, 5.41) is 4.00. The van der Waals surface area contributed by atoms with Crippen molar-refractivity contribution >= 4 is 5.65 Å². The smallest absolute Gasteiger partial charge is 0.229 e. The van der Waals surface area contributed by atoms with Crippen molar-refractivity contribution in [2.45, 2.75) is 13.3 Å². The Labute approximate surface area is 112 Å². The maximum atomic E-state index is 13.1. The zero-order valence-corrected chi connectivity index (χ0v) is 10.5. The van der Waals surface area contributed by atoms with Gasteiger partial charge in [0.25, 0.3) is 6.43 Å². The molecule has 3 nitrogen and oxygen atoms in total. The maximum Gasteiger partial charge on any atom is 0.280 e.